The second-order valence-electron chi connectivity index (χ2n) is 5.92. The first-order valence-electron chi connectivity index (χ1n) is 7.65. The molecule has 1 unspecified atom stereocenters. The molecule has 2 aliphatic carbocycles. The lowest BCUT2D eigenvalue weighted by atomic mass is 10.0. The molecule has 10 heteroatoms. The summed E-state index contributed by atoms with van der Waals surface area (Å²) in [6.45, 7) is 1.30. The minimum absolute atomic E-state index is 0.237. The first-order chi connectivity index (χ1) is 11.3. The Kier molecular flexibility index (Phi) is 4.18. The third-order valence-electron chi connectivity index (χ3n) is 4.31. The molecule has 1 fully saturated rings. The van der Waals surface area contributed by atoms with Crippen LogP contribution < -0.4 is 16.6 Å². The summed E-state index contributed by atoms with van der Waals surface area (Å²) in [6, 6.07) is 0. The molecule has 4 N–H and O–H groups in total. The maximum atomic E-state index is 12.9. The van der Waals surface area contributed by atoms with E-state index in [0.29, 0.717) is 29.8 Å². The Balaban J connectivity index is 1.97. The van der Waals surface area contributed by atoms with Gasteiger partial charge in [0, 0.05) is 12.5 Å². The summed E-state index contributed by atoms with van der Waals surface area (Å²) in [5.74, 6) is 4.29. The van der Waals surface area contributed by atoms with Gasteiger partial charge in [0.2, 0.25) is 22.2 Å². The molecule has 0 bridgehead atoms. The fourth-order valence-electron chi connectivity index (χ4n) is 2.86. The smallest absolute Gasteiger partial charge is 0.261 e. The van der Waals surface area contributed by atoms with Crippen molar-refractivity contribution in [2.24, 2.45) is 10.8 Å². The van der Waals surface area contributed by atoms with Crippen molar-refractivity contribution in [3.63, 3.8) is 0 Å². The molecule has 1 saturated carbocycles. The number of carbonyl (C=O) groups excluding carboxylic acids is 2. The molecule has 0 radical (unpaired) electrons. The maximum absolute atomic E-state index is 12.9. The highest BCUT2D eigenvalue weighted by atomic mass is 32.2. The van der Waals surface area contributed by atoms with Gasteiger partial charge >= 0.3 is 0 Å². The predicted molar refractivity (Wildman–Crippen MR) is 86.6 cm³/mol. The number of nitrogens with zero attached hydrogens (tertiary/aromatic N) is 2. The van der Waals surface area contributed by atoms with Gasteiger partial charge in [-0.2, -0.15) is 0 Å². The monoisotopic (exact) mass is 353 g/mol. The Labute approximate surface area is 139 Å². The van der Waals surface area contributed by atoms with Gasteiger partial charge < -0.3 is 5.32 Å². The summed E-state index contributed by atoms with van der Waals surface area (Å²) in [4.78, 5) is 27.4. The van der Waals surface area contributed by atoms with Gasteiger partial charge in [-0.25, -0.2) is 23.6 Å². The van der Waals surface area contributed by atoms with Gasteiger partial charge in [0.15, 0.2) is 0 Å². The number of nitrogens with one attached hydrogen (secondary N) is 2. The molecular formula is C14H19N5O4S. The number of aliphatic imine (C=N–C) groups is 1. The van der Waals surface area contributed by atoms with Crippen molar-refractivity contribution in [1.29, 1.82) is 0 Å². The number of carbonyl (C=O) groups is 2. The van der Waals surface area contributed by atoms with E-state index in [2.05, 4.69) is 10.3 Å². The number of sulfonamides is 1. The van der Waals surface area contributed by atoms with Gasteiger partial charge in [0.1, 0.15) is 0 Å². The fraction of sp³-hybridized carbons (Fsp3) is 0.500. The normalized spacial score (nSPS) is 23.5. The molecule has 0 aromatic carbocycles. The van der Waals surface area contributed by atoms with Crippen LogP contribution in [-0.2, 0) is 19.6 Å². The number of nitrogens with two attached hydrogens (primary N) is 1. The van der Waals surface area contributed by atoms with Gasteiger partial charge in [0.05, 0.1) is 16.7 Å². The van der Waals surface area contributed by atoms with E-state index >= 15 is 0 Å². The van der Waals surface area contributed by atoms with Crippen molar-refractivity contribution in [3.8, 4) is 0 Å². The minimum atomic E-state index is -3.63. The van der Waals surface area contributed by atoms with Gasteiger partial charge in [-0.05, 0) is 25.3 Å². The lowest BCUT2D eigenvalue weighted by Gasteiger charge is -2.34. The minimum Gasteiger partial charge on any atom is -0.317 e. The van der Waals surface area contributed by atoms with E-state index in [0.717, 1.165) is 6.42 Å². The predicted octanol–water partition coefficient (Wildman–Crippen LogP) is -0.751. The molecule has 3 rings (SSSR count). The third-order valence-corrected chi connectivity index (χ3v) is 6.57. The number of rotatable bonds is 4. The van der Waals surface area contributed by atoms with E-state index in [4.69, 9.17) is 5.84 Å². The molecular weight excluding hydrogens is 334 g/mol. The van der Waals surface area contributed by atoms with Crippen LogP contribution in [0.5, 0.6) is 0 Å². The van der Waals surface area contributed by atoms with Crippen molar-refractivity contribution < 1.29 is 18.0 Å². The number of hydrogen-bond donors (Lipinski definition) is 3. The number of hydrazine groups is 1. The lowest BCUT2D eigenvalue weighted by Crippen LogP contribution is -2.50. The zero-order valence-corrected chi connectivity index (χ0v) is 14.0. The van der Waals surface area contributed by atoms with Gasteiger partial charge in [-0.1, -0.05) is 12.5 Å². The molecule has 0 aromatic heterocycles. The number of hydrogen-bond acceptors (Lipinski definition) is 6. The Bertz CT molecular complexity index is 779. The zero-order chi connectivity index (χ0) is 17.5. The number of fused-ring (bicyclic) bond motifs is 1. The van der Waals surface area contributed by atoms with Crippen molar-refractivity contribution >= 4 is 27.5 Å². The summed E-state index contributed by atoms with van der Waals surface area (Å²) < 4.78 is 26.9. The Morgan fingerprint density at radius 1 is 1.38 bits per heavy atom. The quantitative estimate of drug-likeness (QED) is 0.347. The maximum Gasteiger partial charge on any atom is 0.261 e. The largest absolute Gasteiger partial charge is 0.317 e. The molecule has 0 aromatic rings. The van der Waals surface area contributed by atoms with Crippen LogP contribution in [0.15, 0.2) is 28.4 Å². The van der Waals surface area contributed by atoms with Crippen molar-refractivity contribution in [3.05, 3.63) is 23.4 Å². The van der Waals surface area contributed by atoms with Crippen LogP contribution in [0.25, 0.3) is 0 Å². The molecule has 1 atom stereocenters. The summed E-state index contributed by atoms with van der Waals surface area (Å²) in [6.07, 6.45) is 4.42. The molecule has 1 heterocycles. The summed E-state index contributed by atoms with van der Waals surface area (Å²) >= 11 is 0. The van der Waals surface area contributed by atoms with E-state index in [9.17, 15) is 18.0 Å². The van der Waals surface area contributed by atoms with Crippen molar-refractivity contribution in [2.75, 3.05) is 0 Å². The fourth-order valence-corrected chi connectivity index (χ4v) is 4.93. The summed E-state index contributed by atoms with van der Waals surface area (Å²) in [5, 5.41) is 2.08. The average molecular weight is 353 g/mol. The highest BCUT2D eigenvalue weighted by Crippen LogP contribution is 2.36. The van der Waals surface area contributed by atoms with E-state index in [1.807, 2.05) is 5.43 Å². The van der Waals surface area contributed by atoms with E-state index in [1.165, 1.54) is 17.3 Å². The van der Waals surface area contributed by atoms with Gasteiger partial charge in [-0.3, -0.25) is 15.0 Å². The second kappa shape index (κ2) is 6.02. The van der Waals surface area contributed by atoms with Crippen LogP contribution in [0.3, 0.4) is 0 Å². The first kappa shape index (κ1) is 16.7. The average Bonchev–Trinajstić information content (AvgIpc) is 2.80. The molecule has 0 spiro atoms. The van der Waals surface area contributed by atoms with Crippen LogP contribution in [0, 0.1) is 0 Å². The number of allylic oxidation sites excluding steroid dienone is 2. The molecule has 24 heavy (non-hydrogen) atoms. The zero-order valence-electron chi connectivity index (χ0n) is 13.2. The van der Waals surface area contributed by atoms with Crippen molar-refractivity contribution in [1.82, 2.24) is 15.0 Å². The SMILES string of the molecule is CC(=O)NC1N=C2C=C(C(=O)NN)CC=C2N1S(=O)(=O)C1CCC1. The highest BCUT2D eigenvalue weighted by molar-refractivity contribution is 7.90. The van der Waals surface area contributed by atoms with E-state index < -0.39 is 27.5 Å². The van der Waals surface area contributed by atoms with Gasteiger partial charge in [0.25, 0.3) is 5.91 Å². The molecule has 130 valence electrons. The Morgan fingerprint density at radius 3 is 2.62 bits per heavy atom. The van der Waals surface area contributed by atoms with E-state index in [1.54, 1.807) is 6.08 Å². The summed E-state index contributed by atoms with van der Waals surface area (Å²) in [5.41, 5.74) is 3.17. The molecule has 1 aliphatic heterocycles. The summed E-state index contributed by atoms with van der Waals surface area (Å²) in [7, 11) is -3.63. The van der Waals surface area contributed by atoms with Crippen molar-refractivity contribution in [2.45, 2.75) is 44.1 Å². The Morgan fingerprint density at radius 2 is 2.08 bits per heavy atom. The van der Waals surface area contributed by atoms with Crippen LogP contribution in [-0.4, -0.2) is 41.8 Å². The molecule has 9 nitrogen and oxygen atoms in total. The standard InChI is InChI=1S/C14H19N5O4S/c1-8(20)16-14-17-11-7-9(13(21)18-15)5-6-12(11)19(14)24(22,23)10-3-2-4-10/h6-7,10,14H,2-5,15H2,1H3,(H,16,20)(H,18,21). The molecule has 2 amide bonds. The van der Waals surface area contributed by atoms with Crippen LogP contribution in [0.1, 0.15) is 32.6 Å². The van der Waals surface area contributed by atoms with Crippen LogP contribution in [0.4, 0.5) is 0 Å². The first-order valence-corrected chi connectivity index (χ1v) is 9.15. The van der Waals surface area contributed by atoms with Gasteiger partial charge in [-0.15, -0.1) is 0 Å². The van der Waals surface area contributed by atoms with Crippen LogP contribution >= 0.6 is 0 Å². The van der Waals surface area contributed by atoms with Crippen LogP contribution in [0.2, 0.25) is 0 Å². The molecule has 0 saturated heterocycles. The van der Waals surface area contributed by atoms with E-state index in [-0.39, 0.29) is 12.3 Å². The topological polar surface area (TPSA) is 134 Å². The highest BCUT2D eigenvalue weighted by Gasteiger charge is 2.45. The Hall–Kier alpha value is -2.20. The molecule has 3 aliphatic rings. The third kappa shape index (κ3) is 2.71. The lowest BCUT2D eigenvalue weighted by molar-refractivity contribution is -0.120. The second-order valence-corrected chi connectivity index (χ2v) is 8.01. The number of amides is 2.